The number of carbonyl (C=O) groups excluding carboxylic acids is 2. The van der Waals surface area contributed by atoms with E-state index in [9.17, 15) is 14.4 Å². The monoisotopic (exact) mass is 555 g/mol. The van der Waals surface area contributed by atoms with E-state index in [1.165, 1.54) is 12.0 Å². The minimum absolute atomic E-state index is 0.165. The first-order valence-electron chi connectivity index (χ1n) is 8.51. The van der Waals surface area contributed by atoms with E-state index >= 15 is 0 Å². The van der Waals surface area contributed by atoms with E-state index in [4.69, 9.17) is 14.6 Å². The molecule has 0 spiro atoms. The molecule has 1 aliphatic rings. The molecule has 1 saturated heterocycles. The number of benzene rings is 2. The van der Waals surface area contributed by atoms with Gasteiger partial charge in [-0.3, -0.25) is 14.5 Å². The number of carboxylic acid groups (broad SMARTS) is 1. The van der Waals surface area contributed by atoms with Gasteiger partial charge in [0.2, 0.25) is 0 Å². The number of rotatable bonds is 7. The lowest BCUT2D eigenvalue weighted by atomic mass is 10.1. The van der Waals surface area contributed by atoms with E-state index < -0.39 is 12.6 Å². The maximum absolute atomic E-state index is 12.8. The van der Waals surface area contributed by atoms with Gasteiger partial charge in [0.1, 0.15) is 0 Å². The van der Waals surface area contributed by atoms with Crippen LogP contribution in [0, 0.1) is 0 Å². The summed E-state index contributed by atoms with van der Waals surface area (Å²) in [5.74, 6) is -0.975. The highest BCUT2D eigenvalue weighted by molar-refractivity contribution is 9.10. The molecule has 0 radical (unpaired) electrons. The number of nitrogens with zero attached hydrogens (tertiary/aromatic N) is 1. The predicted octanol–water partition coefficient (Wildman–Crippen LogP) is 4.92. The topological polar surface area (TPSA) is 93.1 Å². The summed E-state index contributed by atoms with van der Waals surface area (Å²) < 4.78 is 11.8. The second-order valence-electron chi connectivity index (χ2n) is 6.08. The lowest BCUT2D eigenvalue weighted by Crippen LogP contribution is -2.27. The summed E-state index contributed by atoms with van der Waals surface area (Å²) in [6.45, 7) is -0.360. The van der Waals surface area contributed by atoms with Gasteiger partial charge in [0.15, 0.2) is 18.1 Å². The second kappa shape index (κ2) is 9.67. The number of halogens is 2. The van der Waals surface area contributed by atoms with E-state index in [0.717, 1.165) is 21.8 Å². The highest BCUT2D eigenvalue weighted by Crippen LogP contribution is 2.39. The van der Waals surface area contributed by atoms with E-state index in [-0.39, 0.29) is 28.3 Å². The molecule has 1 heterocycles. The number of amides is 2. The molecule has 0 bridgehead atoms. The highest BCUT2D eigenvalue weighted by Gasteiger charge is 2.35. The molecule has 1 fully saturated rings. The van der Waals surface area contributed by atoms with Crippen molar-refractivity contribution in [2.24, 2.45) is 0 Å². The van der Waals surface area contributed by atoms with Gasteiger partial charge in [-0.1, -0.05) is 34.1 Å². The first-order valence-corrected chi connectivity index (χ1v) is 10.9. The summed E-state index contributed by atoms with van der Waals surface area (Å²) in [5.41, 5.74) is 1.41. The van der Waals surface area contributed by atoms with Crippen LogP contribution in [0.3, 0.4) is 0 Å². The molecular weight excluding hydrogens is 542 g/mol. The lowest BCUT2D eigenvalue weighted by Gasteiger charge is -2.13. The molecule has 0 aliphatic carbocycles. The van der Waals surface area contributed by atoms with Gasteiger partial charge in [0.05, 0.1) is 23.0 Å². The van der Waals surface area contributed by atoms with Crippen LogP contribution in [0.25, 0.3) is 6.08 Å². The Bertz CT molecular complexity index is 1060. The van der Waals surface area contributed by atoms with Crippen LogP contribution in [0.2, 0.25) is 0 Å². The van der Waals surface area contributed by atoms with Gasteiger partial charge in [-0.25, -0.2) is 4.79 Å². The minimum Gasteiger partial charge on any atom is -0.493 e. The zero-order valence-electron chi connectivity index (χ0n) is 15.6. The Labute approximate surface area is 193 Å². The van der Waals surface area contributed by atoms with Gasteiger partial charge >= 0.3 is 5.97 Å². The number of carbonyl (C=O) groups is 3. The second-order valence-corrected chi connectivity index (χ2v) is 8.78. The summed E-state index contributed by atoms with van der Waals surface area (Å²) in [7, 11) is 1.42. The summed E-state index contributed by atoms with van der Waals surface area (Å²) >= 11 is 7.61. The van der Waals surface area contributed by atoms with Crippen molar-refractivity contribution in [2.45, 2.75) is 6.54 Å². The van der Waals surface area contributed by atoms with Crippen molar-refractivity contribution >= 4 is 66.8 Å². The fourth-order valence-corrected chi connectivity index (χ4v) is 4.50. The van der Waals surface area contributed by atoms with Gasteiger partial charge in [-0.2, -0.15) is 0 Å². The minimum atomic E-state index is -1.12. The average molecular weight is 557 g/mol. The third-order valence-corrected chi connectivity index (χ3v) is 6.32. The third kappa shape index (κ3) is 5.05. The Morgan fingerprint density at radius 3 is 2.60 bits per heavy atom. The summed E-state index contributed by atoms with van der Waals surface area (Å²) in [5, 5.41) is 8.45. The maximum Gasteiger partial charge on any atom is 0.341 e. The lowest BCUT2D eigenvalue weighted by molar-refractivity contribution is -0.139. The van der Waals surface area contributed by atoms with E-state index in [1.54, 1.807) is 18.2 Å². The molecule has 10 heteroatoms. The smallest absolute Gasteiger partial charge is 0.341 e. The van der Waals surface area contributed by atoms with Crippen molar-refractivity contribution in [1.29, 1.82) is 0 Å². The predicted molar refractivity (Wildman–Crippen MR) is 119 cm³/mol. The van der Waals surface area contributed by atoms with Gasteiger partial charge < -0.3 is 14.6 Å². The van der Waals surface area contributed by atoms with Crippen LogP contribution >= 0.6 is 43.6 Å². The molecule has 7 nitrogen and oxygen atoms in total. The molecule has 0 aromatic heterocycles. The standard InChI is InChI=1S/C20H15Br2NO6S/c1-28-15-7-11(6-14(22)18(15)29-10-17(24)25)8-16-19(26)23(20(27)30-16)9-12-4-2-3-5-13(12)21/h2-8H,9-10H2,1H3,(H,24,25)/b16-8-. The van der Waals surface area contributed by atoms with Gasteiger partial charge in [0.25, 0.3) is 11.1 Å². The quantitative estimate of drug-likeness (QED) is 0.484. The van der Waals surface area contributed by atoms with E-state index in [2.05, 4.69) is 31.9 Å². The van der Waals surface area contributed by atoms with E-state index in [1.807, 2.05) is 24.3 Å². The van der Waals surface area contributed by atoms with Crippen LogP contribution in [0.5, 0.6) is 11.5 Å². The molecule has 156 valence electrons. The number of methoxy groups -OCH3 is 1. The van der Waals surface area contributed by atoms with Crippen molar-refractivity contribution in [3.05, 3.63) is 61.4 Å². The first-order chi connectivity index (χ1) is 14.3. The van der Waals surface area contributed by atoms with Crippen molar-refractivity contribution in [2.75, 3.05) is 13.7 Å². The SMILES string of the molecule is COc1cc(/C=C2\SC(=O)N(Cc3ccccc3Br)C2=O)cc(Br)c1OCC(=O)O. The average Bonchev–Trinajstić information content (AvgIpc) is 2.95. The molecule has 0 saturated carbocycles. The fourth-order valence-electron chi connectivity index (χ4n) is 2.68. The molecule has 0 unspecified atom stereocenters. The normalized spacial score (nSPS) is 15.0. The Morgan fingerprint density at radius 1 is 1.20 bits per heavy atom. The van der Waals surface area contributed by atoms with Gasteiger partial charge in [0, 0.05) is 4.47 Å². The number of carboxylic acids is 1. The Morgan fingerprint density at radius 2 is 1.93 bits per heavy atom. The summed E-state index contributed by atoms with van der Waals surface area (Å²) in [4.78, 5) is 37.4. The molecule has 2 amide bonds. The molecule has 30 heavy (non-hydrogen) atoms. The number of aliphatic carboxylic acids is 1. The molecule has 1 aliphatic heterocycles. The third-order valence-electron chi connectivity index (χ3n) is 4.05. The molecule has 2 aromatic rings. The van der Waals surface area contributed by atoms with Crippen LogP contribution in [-0.4, -0.2) is 40.8 Å². The zero-order chi connectivity index (χ0) is 21.8. The zero-order valence-corrected chi connectivity index (χ0v) is 19.5. The molecule has 0 atom stereocenters. The van der Waals surface area contributed by atoms with Crippen molar-refractivity contribution in [3.8, 4) is 11.5 Å². The highest BCUT2D eigenvalue weighted by atomic mass is 79.9. The number of imide groups is 1. The Kier molecular flexibility index (Phi) is 7.22. The van der Waals surface area contributed by atoms with Gasteiger partial charge in [-0.05, 0) is 63.1 Å². The van der Waals surface area contributed by atoms with Crippen molar-refractivity contribution in [1.82, 2.24) is 4.90 Å². The Hall–Kier alpha value is -2.30. The fraction of sp³-hybridized carbons (Fsp3) is 0.150. The summed E-state index contributed by atoms with van der Waals surface area (Å²) in [6.07, 6.45) is 1.58. The van der Waals surface area contributed by atoms with Crippen LogP contribution in [0.15, 0.2) is 50.2 Å². The number of hydrogen-bond donors (Lipinski definition) is 1. The molecular formula is C20H15Br2NO6S. The maximum atomic E-state index is 12.8. The number of thioether (sulfide) groups is 1. The number of hydrogen-bond acceptors (Lipinski definition) is 6. The summed E-state index contributed by atoms with van der Waals surface area (Å²) in [6, 6.07) is 10.6. The van der Waals surface area contributed by atoms with Crippen LogP contribution in [0.4, 0.5) is 4.79 Å². The van der Waals surface area contributed by atoms with Crippen molar-refractivity contribution < 1.29 is 29.0 Å². The molecule has 3 rings (SSSR count). The molecule has 2 aromatic carbocycles. The van der Waals surface area contributed by atoms with Crippen LogP contribution in [0.1, 0.15) is 11.1 Å². The van der Waals surface area contributed by atoms with Crippen LogP contribution in [-0.2, 0) is 16.1 Å². The van der Waals surface area contributed by atoms with E-state index in [0.29, 0.717) is 15.8 Å². The first kappa shape index (κ1) is 22.4. The molecule has 1 N–H and O–H groups in total. The van der Waals surface area contributed by atoms with Crippen molar-refractivity contribution in [3.63, 3.8) is 0 Å². The van der Waals surface area contributed by atoms with Gasteiger partial charge in [-0.15, -0.1) is 0 Å². The van der Waals surface area contributed by atoms with Crippen LogP contribution < -0.4 is 9.47 Å². The Balaban J connectivity index is 1.85. The number of ether oxygens (including phenoxy) is 2. The largest absolute Gasteiger partial charge is 0.493 e.